The number of ether oxygens (including phenoxy) is 1. The molecule has 154 valence electrons. The van der Waals surface area contributed by atoms with Crippen LogP contribution in [0, 0.1) is 0 Å². The smallest absolute Gasteiger partial charge is 0.322 e. The Kier molecular flexibility index (Phi) is 5.39. The molecule has 10 heteroatoms. The molecule has 0 unspecified atom stereocenters. The SMILES string of the molecule is CCN(C)[C@H]1CCN(S(=O)(=O)c2ccc(OC)c([C@@]3(C)NC(=O)NC3=O)c2)C1. The molecule has 3 amide bonds. The van der Waals surface area contributed by atoms with E-state index in [2.05, 4.69) is 15.5 Å². The minimum Gasteiger partial charge on any atom is -0.496 e. The highest BCUT2D eigenvalue weighted by Gasteiger charge is 2.46. The van der Waals surface area contributed by atoms with Crippen LogP contribution in [-0.4, -0.2) is 69.4 Å². The van der Waals surface area contributed by atoms with Gasteiger partial charge in [-0.15, -0.1) is 0 Å². The van der Waals surface area contributed by atoms with E-state index in [0.29, 0.717) is 24.4 Å². The number of hydrogen-bond acceptors (Lipinski definition) is 6. The van der Waals surface area contributed by atoms with Gasteiger partial charge in [0.25, 0.3) is 5.91 Å². The average molecular weight is 410 g/mol. The van der Waals surface area contributed by atoms with Crippen molar-refractivity contribution >= 4 is 22.0 Å². The zero-order chi connectivity index (χ0) is 20.7. The summed E-state index contributed by atoms with van der Waals surface area (Å²) in [5.74, 6) is -0.236. The van der Waals surface area contributed by atoms with Crippen LogP contribution in [0.3, 0.4) is 0 Å². The Balaban J connectivity index is 1.98. The number of methoxy groups -OCH3 is 1. The van der Waals surface area contributed by atoms with Crippen LogP contribution in [0.4, 0.5) is 4.79 Å². The fraction of sp³-hybridized carbons (Fsp3) is 0.556. The Morgan fingerprint density at radius 2 is 2.07 bits per heavy atom. The fourth-order valence-electron chi connectivity index (χ4n) is 3.67. The molecule has 2 saturated heterocycles. The summed E-state index contributed by atoms with van der Waals surface area (Å²) in [6.07, 6.45) is 0.767. The zero-order valence-electron chi connectivity index (χ0n) is 16.5. The number of carbonyl (C=O) groups excluding carboxylic acids is 2. The minimum atomic E-state index is -3.74. The molecular weight excluding hydrogens is 384 g/mol. The second-order valence-corrected chi connectivity index (χ2v) is 9.21. The number of benzene rings is 1. The van der Waals surface area contributed by atoms with Gasteiger partial charge >= 0.3 is 6.03 Å². The number of carbonyl (C=O) groups is 2. The first-order chi connectivity index (χ1) is 13.1. The van der Waals surface area contributed by atoms with Crippen molar-refractivity contribution in [3.05, 3.63) is 23.8 Å². The summed E-state index contributed by atoms with van der Waals surface area (Å²) in [5.41, 5.74) is -1.12. The van der Waals surface area contributed by atoms with Gasteiger partial charge in [0.05, 0.1) is 12.0 Å². The van der Waals surface area contributed by atoms with E-state index in [1.807, 2.05) is 14.0 Å². The number of likely N-dealkylation sites (N-methyl/N-ethyl adjacent to an activating group) is 1. The highest BCUT2D eigenvalue weighted by molar-refractivity contribution is 7.89. The van der Waals surface area contributed by atoms with Crippen molar-refractivity contribution < 1.29 is 22.7 Å². The lowest BCUT2D eigenvalue weighted by Crippen LogP contribution is -2.41. The molecule has 0 saturated carbocycles. The number of urea groups is 1. The van der Waals surface area contributed by atoms with Gasteiger partial charge in [0.15, 0.2) is 0 Å². The van der Waals surface area contributed by atoms with E-state index < -0.39 is 27.5 Å². The Morgan fingerprint density at radius 3 is 2.64 bits per heavy atom. The summed E-state index contributed by atoms with van der Waals surface area (Å²) >= 11 is 0. The first kappa shape index (κ1) is 20.6. The zero-order valence-corrected chi connectivity index (χ0v) is 17.3. The van der Waals surface area contributed by atoms with Crippen molar-refractivity contribution in [3.63, 3.8) is 0 Å². The number of nitrogens with zero attached hydrogens (tertiary/aromatic N) is 2. The molecule has 0 radical (unpaired) electrons. The van der Waals surface area contributed by atoms with Crippen molar-refractivity contribution in [2.45, 2.75) is 36.7 Å². The Bertz CT molecular complexity index is 903. The van der Waals surface area contributed by atoms with Crippen LogP contribution in [0.2, 0.25) is 0 Å². The van der Waals surface area contributed by atoms with Gasteiger partial charge in [-0.1, -0.05) is 6.92 Å². The van der Waals surface area contributed by atoms with Gasteiger partial charge in [0.1, 0.15) is 11.3 Å². The van der Waals surface area contributed by atoms with Crippen LogP contribution in [-0.2, 0) is 20.4 Å². The van der Waals surface area contributed by atoms with Crippen molar-refractivity contribution in [1.29, 1.82) is 0 Å². The first-order valence-electron chi connectivity index (χ1n) is 9.16. The second-order valence-electron chi connectivity index (χ2n) is 7.27. The van der Waals surface area contributed by atoms with Crippen LogP contribution < -0.4 is 15.4 Å². The van der Waals surface area contributed by atoms with Gasteiger partial charge in [0.2, 0.25) is 10.0 Å². The molecular formula is C18H26N4O5S. The van der Waals surface area contributed by atoms with Crippen molar-refractivity contribution in [3.8, 4) is 5.75 Å². The van der Waals surface area contributed by atoms with Crippen LogP contribution in [0.25, 0.3) is 0 Å². The molecule has 0 aliphatic carbocycles. The van der Waals surface area contributed by atoms with Crippen molar-refractivity contribution in [2.75, 3.05) is 33.8 Å². The Labute approximate surface area is 165 Å². The number of sulfonamides is 1. The van der Waals surface area contributed by atoms with Gasteiger partial charge in [-0.25, -0.2) is 13.2 Å². The summed E-state index contributed by atoms with van der Waals surface area (Å²) in [6.45, 7) is 5.26. The van der Waals surface area contributed by atoms with Crippen LogP contribution in [0.15, 0.2) is 23.1 Å². The lowest BCUT2D eigenvalue weighted by atomic mass is 9.91. The number of rotatable bonds is 6. The molecule has 2 N–H and O–H groups in total. The molecule has 2 atom stereocenters. The average Bonchev–Trinajstić information content (AvgIpc) is 3.26. The van der Waals surface area contributed by atoms with E-state index in [9.17, 15) is 18.0 Å². The van der Waals surface area contributed by atoms with Gasteiger partial charge in [-0.3, -0.25) is 10.1 Å². The molecule has 0 spiro atoms. The van der Waals surface area contributed by atoms with E-state index in [-0.39, 0.29) is 10.9 Å². The van der Waals surface area contributed by atoms with E-state index in [0.717, 1.165) is 13.0 Å². The van der Waals surface area contributed by atoms with Gasteiger partial charge < -0.3 is 15.0 Å². The molecule has 2 aliphatic rings. The van der Waals surface area contributed by atoms with Gasteiger partial charge in [-0.2, -0.15) is 4.31 Å². The fourth-order valence-corrected chi connectivity index (χ4v) is 5.19. The third-order valence-corrected chi connectivity index (χ3v) is 7.50. The van der Waals surface area contributed by atoms with Crippen LogP contribution in [0.5, 0.6) is 5.75 Å². The summed E-state index contributed by atoms with van der Waals surface area (Å²) < 4.78 is 33.2. The normalized spacial score (nSPS) is 25.8. The molecule has 3 rings (SSSR count). The molecule has 1 aromatic rings. The van der Waals surface area contributed by atoms with E-state index in [1.54, 1.807) is 0 Å². The van der Waals surface area contributed by atoms with Gasteiger partial charge in [0, 0.05) is 24.7 Å². The molecule has 0 bridgehead atoms. The molecule has 2 heterocycles. The minimum absolute atomic E-state index is 0.0678. The predicted octanol–water partition coefficient (Wildman–Crippen LogP) is 0.465. The number of nitrogens with one attached hydrogen (secondary N) is 2. The summed E-state index contributed by atoms with van der Waals surface area (Å²) in [6, 6.07) is 3.93. The third kappa shape index (κ3) is 3.36. The van der Waals surface area contributed by atoms with Crippen LogP contribution in [0.1, 0.15) is 25.8 Å². The summed E-state index contributed by atoms with van der Waals surface area (Å²) in [4.78, 5) is 26.2. The lowest BCUT2D eigenvalue weighted by Gasteiger charge is -2.25. The largest absolute Gasteiger partial charge is 0.496 e. The standard InChI is InChI=1S/C18H26N4O5S/c1-5-21(3)12-8-9-22(11-12)28(25,26)13-6-7-15(27-4)14(10-13)18(2)16(23)19-17(24)20-18/h6-7,10,12H,5,8-9,11H2,1-4H3,(H2,19,20,23,24)/t12-,18+/m0/s1. The second kappa shape index (κ2) is 7.34. The molecule has 28 heavy (non-hydrogen) atoms. The molecule has 1 aromatic carbocycles. The molecule has 9 nitrogen and oxygen atoms in total. The number of imide groups is 1. The maximum atomic E-state index is 13.2. The maximum absolute atomic E-state index is 13.2. The predicted molar refractivity (Wildman–Crippen MR) is 102 cm³/mol. The van der Waals surface area contributed by atoms with Crippen molar-refractivity contribution in [1.82, 2.24) is 19.8 Å². The highest BCUT2D eigenvalue weighted by Crippen LogP contribution is 2.35. The quantitative estimate of drug-likeness (QED) is 0.660. The highest BCUT2D eigenvalue weighted by atomic mass is 32.2. The summed E-state index contributed by atoms with van der Waals surface area (Å²) in [7, 11) is -0.334. The number of hydrogen-bond donors (Lipinski definition) is 2. The third-order valence-electron chi connectivity index (χ3n) is 5.64. The molecule has 0 aromatic heterocycles. The first-order valence-corrected chi connectivity index (χ1v) is 10.6. The van der Waals surface area contributed by atoms with Gasteiger partial charge in [-0.05, 0) is 45.1 Å². The lowest BCUT2D eigenvalue weighted by molar-refractivity contribution is -0.123. The van der Waals surface area contributed by atoms with Crippen LogP contribution >= 0.6 is 0 Å². The maximum Gasteiger partial charge on any atom is 0.322 e. The van der Waals surface area contributed by atoms with E-state index in [1.165, 1.54) is 36.5 Å². The topological polar surface area (TPSA) is 108 Å². The Hall–Kier alpha value is -2.17. The number of amides is 3. The molecule has 2 aliphatic heterocycles. The van der Waals surface area contributed by atoms with E-state index in [4.69, 9.17) is 4.74 Å². The van der Waals surface area contributed by atoms with Crippen molar-refractivity contribution in [2.24, 2.45) is 0 Å². The van der Waals surface area contributed by atoms with E-state index >= 15 is 0 Å². The Morgan fingerprint density at radius 1 is 1.36 bits per heavy atom. The monoisotopic (exact) mass is 410 g/mol. The summed E-state index contributed by atoms with van der Waals surface area (Å²) in [5, 5.41) is 4.74. The molecule has 2 fully saturated rings.